The molecule has 1 fully saturated rings. The Kier molecular flexibility index (Phi) is 2.28. The van der Waals surface area contributed by atoms with Gasteiger partial charge in [0, 0.05) is 23.6 Å². The predicted molar refractivity (Wildman–Crippen MR) is 53.2 cm³/mol. The van der Waals surface area contributed by atoms with Crippen LogP contribution in [-0.2, 0) is 16.1 Å². The van der Waals surface area contributed by atoms with E-state index in [2.05, 4.69) is 5.10 Å². The van der Waals surface area contributed by atoms with Gasteiger partial charge in [0.1, 0.15) is 10.0 Å². The van der Waals surface area contributed by atoms with Gasteiger partial charge in [0.05, 0.1) is 5.69 Å². The molecular formula is C7H8Cl2N2O2S. The predicted octanol–water partition coefficient (Wildman–Crippen LogP) is 1.88. The molecule has 2 rings (SSSR count). The van der Waals surface area contributed by atoms with Crippen molar-refractivity contribution in [1.29, 1.82) is 0 Å². The third-order valence-corrected chi connectivity index (χ3v) is 4.07. The molecule has 1 aromatic rings. The molecule has 4 nitrogen and oxygen atoms in total. The lowest BCUT2D eigenvalue weighted by Crippen LogP contribution is -1.94. The van der Waals surface area contributed by atoms with E-state index >= 15 is 0 Å². The highest BCUT2D eigenvalue weighted by atomic mass is 35.7. The van der Waals surface area contributed by atoms with Crippen LogP contribution >= 0.6 is 22.3 Å². The molecule has 1 heterocycles. The van der Waals surface area contributed by atoms with Gasteiger partial charge in [0.2, 0.25) is 0 Å². The van der Waals surface area contributed by atoms with Crippen LogP contribution in [0.25, 0.3) is 0 Å². The average Bonchev–Trinajstić information content (AvgIpc) is 2.78. The molecule has 1 aliphatic carbocycles. The summed E-state index contributed by atoms with van der Waals surface area (Å²) in [4.78, 5) is -0.0224. The van der Waals surface area contributed by atoms with Crippen molar-refractivity contribution < 1.29 is 8.42 Å². The van der Waals surface area contributed by atoms with Gasteiger partial charge in [-0.05, 0) is 12.8 Å². The van der Waals surface area contributed by atoms with E-state index in [0.29, 0.717) is 5.69 Å². The summed E-state index contributed by atoms with van der Waals surface area (Å²) in [6.45, 7) is 0. The Balaban J connectivity index is 2.66. The monoisotopic (exact) mass is 254 g/mol. The average molecular weight is 255 g/mol. The quantitative estimate of drug-likeness (QED) is 0.758. The fourth-order valence-electron chi connectivity index (χ4n) is 1.35. The maximum atomic E-state index is 11.2. The molecule has 0 saturated heterocycles. The molecule has 1 aromatic heterocycles. The van der Waals surface area contributed by atoms with Gasteiger partial charge < -0.3 is 0 Å². The van der Waals surface area contributed by atoms with Crippen molar-refractivity contribution in [2.75, 3.05) is 0 Å². The van der Waals surface area contributed by atoms with E-state index in [9.17, 15) is 8.42 Å². The normalized spacial score (nSPS) is 17.4. The Hall–Kier alpha value is -0.260. The first-order chi connectivity index (χ1) is 6.41. The van der Waals surface area contributed by atoms with E-state index in [1.807, 2.05) is 0 Å². The molecule has 7 heteroatoms. The van der Waals surface area contributed by atoms with Crippen LogP contribution in [-0.4, -0.2) is 18.2 Å². The molecule has 0 radical (unpaired) electrons. The highest BCUT2D eigenvalue weighted by Gasteiger charge is 2.35. The zero-order valence-electron chi connectivity index (χ0n) is 7.37. The minimum Gasteiger partial charge on any atom is -0.255 e. The van der Waals surface area contributed by atoms with Gasteiger partial charge in [-0.3, -0.25) is 4.68 Å². The standard InChI is InChI=1S/C7H8Cl2N2O2S/c1-11-7(8)6(14(9,12)13)5(10-11)4-2-3-4/h4H,2-3H2,1H3. The van der Waals surface area contributed by atoms with Crippen molar-refractivity contribution in [3.8, 4) is 0 Å². The van der Waals surface area contributed by atoms with E-state index in [4.69, 9.17) is 22.3 Å². The second kappa shape index (κ2) is 3.12. The van der Waals surface area contributed by atoms with E-state index in [-0.39, 0.29) is 16.0 Å². The maximum Gasteiger partial charge on any atom is 0.266 e. The van der Waals surface area contributed by atoms with Crippen LogP contribution in [0.2, 0.25) is 5.15 Å². The Morgan fingerprint density at radius 2 is 2.07 bits per heavy atom. The molecule has 0 bridgehead atoms. The second-order valence-electron chi connectivity index (χ2n) is 3.34. The van der Waals surface area contributed by atoms with Crippen molar-refractivity contribution in [2.24, 2.45) is 7.05 Å². The van der Waals surface area contributed by atoms with Crippen molar-refractivity contribution in [3.05, 3.63) is 10.8 Å². The highest BCUT2D eigenvalue weighted by molar-refractivity contribution is 8.13. The molecule has 0 atom stereocenters. The topological polar surface area (TPSA) is 52.0 Å². The fraction of sp³-hybridized carbons (Fsp3) is 0.571. The molecule has 0 spiro atoms. The Labute approximate surface area is 91.2 Å². The summed E-state index contributed by atoms with van der Waals surface area (Å²) >= 11 is 5.81. The lowest BCUT2D eigenvalue weighted by molar-refractivity contribution is 0.608. The van der Waals surface area contributed by atoms with E-state index in [0.717, 1.165) is 12.8 Å². The van der Waals surface area contributed by atoms with Gasteiger partial charge in [-0.1, -0.05) is 11.6 Å². The van der Waals surface area contributed by atoms with Crippen LogP contribution < -0.4 is 0 Å². The molecule has 78 valence electrons. The second-order valence-corrected chi connectivity index (χ2v) is 6.20. The van der Waals surface area contributed by atoms with Crippen molar-refractivity contribution in [2.45, 2.75) is 23.7 Å². The summed E-state index contributed by atoms with van der Waals surface area (Å²) in [5.41, 5.74) is 0.507. The third kappa shape index (κ3) is 1.64. The summed E-state index contributed by atoms with van der Waals surface area (Å²) in [6.07, 6.45) is 1.90. The number of rotatable bonds is 2. The third-order valence-electron chi connectivity index (χ3n) is 2.17. The number of hydrogen-bond acceptors (Lipinski definition) is 3. The first-order valence-electron chi connectivity index (χ1n) is 4.08. The van der Waals surface area contributed by atoms with E-state index in [1.54, 1.807) is 7.05 Å². The first-order valence-corrected chi connectivity index (χ1v) is 6.77. The number of halogens is 2. The maximum absolute atomic E-state index is 11.2. The van der Waals surface area contributed by atoms with E-state index < -0.39 is 9.05 Å². The van der Waals surface area contributed by atoms with Crippen LogP contribution in [0.1, 0.15) is 24.5 Å². The zero-order valence-corrected chi connectivity index (χ0v) is 9.70. The van der Waals surface area contributed by atoms with Gasteiger partial charge in [0.25, 0.3) is 9.05 Å². The fourth-order valence-corrected chi connectivity index (χ4v) is 3.16. The van der Waals surface area contributed by atoms with Gasteiger partial charge >= 0.3 is 0 Å². The van der Waals surface area contributed by atoms with Crippen LogP contribution in [0, 0.1) is 0 Å². The van der Waals surface area contributed by atoms with Crippen LogP contribution in [0.4, 0.5) is 0 Å². The first kappa shape index (κ1) is 10.3. The van der Waals surface area contributed by atoms with Crippen molar-refractivity contribution in [3.63, 3.8) is 0 Å². The molecule has 0 aliphatic heterocycles. The Morgan fingerprint density at radius 1 is 1.50 bits per heavy atom. The molecule has 0 unspecified atom stereocenters. The molecule has 0 aromatic carbocycles. The zero-order chi connectivity index (χ0) is 10.5. The van der Waals surface area contributed by atoms with Crippen molar-refractivity contribution in [1.82, 2.24) is 9.78 Å². The highest BCUT2D eigenvalue weighted by Crippen LogP contribution is 2.44. The van der Waals surface area contributed by atoms with E-state index in [1.165, 1.54) is 4.68 Å². The van der Waals surface area contributed by atoms with Gasteiger partial charge in [-0.25, -0.2) is 8.42 Å². The molecule has 0 N–H and O–H groups in total. The van der Waals surface area contributed by atoms with Gasteiger partial charge in [-0.2, -0.15) is 5.10 Å². The van der Waals surface area contributed by atoms with Crippen LogP contribution in [0.3, 0.4) is 0 Å². The summed E-state index contributed by atoms with van der Waals surface area (Å²) in [5, 5.41) is 4.14. The molecule has 1 saturated carbocycles. The Morgan fingerprint density at radius 3 is 2.50 bits per heavy atom. The number of hydrogen-bond donors (Lipinski definition) is 0. The minimum atomic E-state index is -3.79. The molecule has 0 amide bonds. The summed E-state index contributed by atoms with van der Waals surface area (Å²) in [6, 6.07) is 0. The summed E-state index contributed by atoms with van der Waals surface area (Å²) in [7, 11) is 3.09. The van der Waals surface area contributed by atoms with Gasteiger partial charge in [-0.15, -0.1) is 0 Å². The summed E-state index contributed by atoms with van der Waals surface area (Å²) < 4.78 is 23.8. The Bertz CT molecular complexity index is 476. The summed E-state index contributed by atoms with van der Waals surface area (Å²) in [5.74, 6) is 0.206. The molecule has 1 aliphatic rings. The minimum absolute atomic E-state index is 0.0224. The number of nitrogens with zero attached hydrogens (tertiary/aromatic N) is 2. The lowest BCUT2D eigenvalue weighted by atomic mass is 10.3. The van der Waals surface area contributed by atoms with Gasteiger partial charge in [0.15, 0.2) is 0 Å². The largest absolute Gasteiger partial charge is 0.266 e. The molecular weight excluding hydrogens is 247 g/mol. The smallest absolute Gasteiger partial charge is 0.255 e. The van der Waals surface area contributed by atoms with Crippen LogP contribution in [0.5, 0.6) is 0 Å². The van der Waals surface area contributed by atoms with Crippen LogP contribution in [0.15, 0.2) is 4.90 Å². The SMILES string of the molecule is Cn1nc(C2CC2)c(S(=O)(=O)Cl)c1Cl. The van der Waals surface area contributed by atoms with Crippen molar-refractivity contribution >= 4 is 31.3 Å². The number of aromatic nitrogens is 2. The number of aryl methyl sites for hydroxylation is 1. The molecule has 14 heavy (non-hydrogen) atoms. The lowest BCUT2D eigenvalue weighted by Gasteiger charge is -1.95.